The Morgan fingerprint density at radius 3 is 2.79 bits per heavy atom. The molecule has 5 rings (SSSR count). The van der Waals surface area contributed by atoms with E-state index in [1.165, 1.54) is 5.56 Å². The van der Waals surface area contributed by atoms with Crippen molar-refractivity contribution in [1.82, 2.24) is 20.4 Å². The first-order valence-electron chi connectivity index (χ1n) is 10.4. The highest BCUT2D eigenvalue weighted by Crippen LogP contribution is 2.29. The fraction of sp³-hybridized carbons (Fsp3) is 0.571. The number of ether oxygens (including phenoxy) is 1. The minimum atomic E-state index is -0.563. The van der Waals surface area contributed by atoms with E-state index in [0.29, 0.717) is 30.6 Å². The van der Waals surface area contributed by atoms with Gasteiger partial charge in [-0.05, 0) is 23.6 Å². The van der Waals surface area contributed by atoms with E-state index in [-0.39, 0.29) is 24.1 Å². The van der Waals surface area contributed by atoms with Crippen LogP contribution in [0.4, 0.5) is 0 Å². The number of imide groups is 1. The van der Waals surface area contributed by atoms with E-state index in [2.05, 4.69) is 21.6 Å². The predicted octanol–water partition coefficient (Wildman–Crippen LogP) is -0.132. The molecular formula is C21H26N4O4. The smallest absolute Gasteiger partial charge is 0.255 e. The summed E-state index contributed by atoms with van der Waals surface area (Å²) in [4.78, 5) is 40.4. The van der Waals surface area contributed by atoms with E-state index in [9.17, 15) is 14.4 Å². The maximum absolute atomic E-state index is 12.8. The summed E-state index contributed by atoms with van der Waals surface area (Å²) in [5.41, 5.74) is 2.80. The van der Waals surface area contributed by atoms with Gasteiger partial charge in [0.25, 0.3) is 5.91 Å². The number of carbonyl (C=O) groups excluding carboxylic acids is 3. The zero-order chi connectivity index (χ0) is 20.0. The number of piperidine rings is 1. The van der Waals surface area contributed by atoms with Gasteiger partial charge in [0.15, 0.2) is 0 Å². The number of hydrogen-bond acceptors (Lipinski definition) is 6. The topological polar surface area (TPSA) is 91.0 Å². The number of hydrogen-bond donors (Lipinski definition) is 2. The molecule has 0 saturated carbocycles. The summed E-state index contributed by atoms with van der Waals surface area (Å²) < 4.78 is 5.94. The minimum Gasteiger partial charge on any atom is -0.375 e. The van der Waals surface area contributed by atoms with Crippen LogP contribution in [0.15, 0.2) is 18.2 Å². The van der Waals surface area contributed by atoms with Crippen molar-refractivity contribution in [3.63, 3.8) is 0 Å². The van der Waals surface area contributed by atoms with Gasteiger partial charge in [0, 0.05) is 57.2 Å². The van der Waals surface area contributed by atoms with Gasteiger partial charge < -0.3 is 15.0 Å². The number of amides is 3. The van der Waals surface area contributed by atoms with E-state index in [4.69, 9.17) is 4.74 Å². The number of rotatable bonds is 4. The van der Waals surface area contributed by atoms with Gasteiger partial charge in [0.2, 0.25) is 11.8 Å². The van der Waals surface area contributed by atoms with Crippen LogP contribution in [-0.2, 0) is 27.4 Å². The normalized spacial score (nSPS) is 28.3. The molecule has 3 amide bonds. The third-order valence-corrected chi connectivity index (χ3v) is 6.51. The van der Waals surface area contributed by atoms with Crippen LogP contribution in [0, 0.1) is 5.92 Å². The maximum atomic E-state index is 12.8. The summed E-state index contributed by atoms with van der Waals surface area (Å²) in [7, 11) is 0. The Morgan fingerprint density at radius 2 is 2.03 bits per heavy atom. The molecular weight excluding hydrogens is 372 g/mol. The average molecular weight is 398 g/mol. The summed E-state index contributed by atoms with van der Waals surface area (Å²) in [6.45, 7) is 5.94. The highest BCUT2D eigenvalue weighted by molar-refractivity contribution is 6.05. The van der Waals surface area contributed by atoms with E-state index < -0.39 is 6.04 Å². The molecule has 0 aromatic heterocycles. The summed E-state index contributed by atoms with van der Waals surface area (Å²) in [5, 5.41) is 5.66. The number of nitrogens with zero attached hydrogens (tertiary/aromatic N) is 2. The summed E-state index contributed by atoms with van der Waals surface area (Å²) in [5.74, 6) is -0.144. The molecule has 2 N–H and O–H groups in total. The highest BCUT2D eigenvalue weighted by atomic mass is 16.5. The first-order chi connectivity index (χ1) is 14.1. The fourth-order valence-electron chi connectivity index (χ4n) is 4.72. The Bertz CT molecular complexity index is 853. The van der Waals surface area contributed by atoms with E-state index in [0.717, 1.165) is 44.9 Å². The minimum absolute atomic E-state index is 0.120. The Hall–Kier alpha value is -2.29. The molecule has 4 heterocycles. The summed E-state index contributed by atoms with van der Waals surface area (Å²) >= 11 is 0. The van der Waals surface area contributed by atoms with Crippen LogP contribution in [0.2, 0.25) is 0 Å². The third-order valence-electron chi connectivity index (χ3n) is 6.51. The molecule has 2 atom stereocenters. The Labute approximate surface area is 169 Å². The van der Waals surface area contributed by atoms with Gasteiger partial charge in [0.05, 0.1) is 12.7 Å². The highest BCUT2D eigenvalue weighted by Gasteiger charge is 2.39. The van der Waals surface area contributed by atoms with Crippen LogP contribution >= 0.6 is 0 Å². The number of morpholine rings is 1. The van der Waals surface area contributed by atoms with E-state index >= 15 is 0 Å². The SMILES string of the molecule is O=C1CCC(N2Cc3cc(CN4CCOC(C5CNC5)C4)ccc3C2=O)C(=O)N1. The second kappa shape index (κ2) is 7.51. The third kappa shape index (κ3) is 3.56. The molecule has 154 valence electrons. The lowest BCUT2D eigenvalue weighted by Gasteiger charge is -2.40. The predicted molar refractivity (Wildman–Crippen MR) is 104 cm³/mol. The van der Waals surface area contributed by atoms with Gasteiger partial charge in [-0.15, -0.1) is 0 Å². The van der Waals surface area contributed by atoms with Crippen molar-refractivity contribution in [3.05, 3.63) is 34.9 Å². The molecule has 3 fully saturated rings. The van der Waals surface area contributed by atoms with Crippen LogP contribution in [0.1, 0.15) is 34.3 Å². The first kappa shape index (κ1) is 18.7. The van der Waals surface area contributed by atoms with Crippen molar-refractivity contribution in [2.45, 2.75) is 38.1 Å². The number of benzene rings is 1. The number of nitrogens with one attached hydrogen (secondary N) is 2. The standard InChI is InChI=1S/C21H26N4O4/c26-19-4-3-17(20(27)23-19)25-11-14-7-13(1-2-16(14)21(25)28)10-24-5-6-29-18(12-24)15-8-22-9-15/h1-2,7,15,17-18,22H,3-6,8-12H2,(H,23,26,27). The fourth-order valence-corrected chi connectivity index (χ4v) is 4.72. The largest absolute Gasteiger partial charge is 0.375 e. The summed E-state index contributed by atoms with van der Waals surface area (Å²) in [6.07, 6.45) is 0.961. The monoisotopic (exact) mass is 398 g/mol. The van der Waals surface area contributed by atoms with Crippen LogP contribution in [0.25, 0.3) is 0 Å². The molecule has 0 aliphatic carbocycles. The second-order valence-corrected chi connectivity index (χ2v) is 8.45. The van der Waals surface area contributed by atoms with Gasteiger partial charge in [0.1, 0.15) is 6.04 Å². The van der Waals surface area contributed by atoms with Crippen LogP contribution < -0.4 is 10.6 Å². The van der Waals surface area contributed by atoms with E-state index in [1.807, 2.05) is 12.1 Å². The number of fused-ring (bicyclic) bond motifs is 1. The van der Waals surface area contributed by atoms with Gasteiger partial charge in [-0.1, -0.05) is 12.1 Å². The molecule has 0 spiro atoms. The van der Waals surface area contributed by atoms with Gasteiger partial charge in [-0.25, -0.2) is 0 Å². The Morgan fingerprint density at radius 1 is 1.17 bits per heavy atom. The zero-order valence-corrected chi connectivity index (χ0v) is 16.4. The van der Waals surface area contributed by atoms with Gasteiger partial charge >= 0.3 is 0 Å². The molecule has 1 aromatic carbocycles. The molecule has 3 saturated heterocycles. The molecule has 0 radical (unpaired) electrons. The van der Waals surface area contributed by atoms with E-state index in [1.54, 1.807) is 4.90 Å². The lowest BCUT2D eigenvalue weighted by Crippen LogP contribution is -2.55. The zero-order valence-electron chi connectivity index (χ0n) is 16.4. The first-order valence-corrected chi connectivity index (χ1v) is 10.4. The van der Waals surface area contributed by atoms with Crippen molar-refractivity contribution in [3.8, 4) is 0 Å². The Kier molecular flexibility index (Phi) is 4.85. The molecule has 0 bridgehead atoms. The Balaban J connectivity index is 1.26. The van der Waals surface area contributed by atoms with Crippen LogP contribution in [-0.4, -0.2) is 72.5 Å². The summed E-state index contributed by atoms with van der Waals surface area (Å²) in [6, 6.07) is 5.42. The molecule has 2 unspecified atom stereocenters. The lowest BCUT2D eigenvalue weighted by atomic mass is 9.95. The van der Waals surface area contributed by atoms with Crippen molar-refractivity contribution in [2.75, 3.05) is 32.8 Å². The quantitative estimate of drug-likeness (QED) is 0.687. The van der Waals surface area contributed by atoms with Crippen molar-refractivity contribution < 1.29 is 19.1 Å². The van der Waals surface area contributed by atoms with Crippen LogP contribution in [0.3, 0.4) is 0 Å². The molecule has 29 heavy (non-hydrogen) atoms. The van der Waals surface area contributed by atoms with Crippen molar-refractivity contribution in [1.29, 1.82) is 0 Å². The molecule has 8 heteroatoms. The van der Waals surface area contributed by atoms with Crippen LogP contribution in [0.5, 0.6) is 0 Å². The number of carbonyl (C=O) groups is 3. The van der Waals surface area contributed by atoms with Gasteiger partial charge in [-0.3, -0.25) is 24.6 Å². The molecule has 4 aliphatic heterocycles. The lowest BCUT2D eigenvalue weighted by molar-refractivity contribution is -0.136. The van der Waals surface area contributed by atoms with Crippen molar-refractivity contribution >= 4 is 17.7 Å². The molecule has 8 nitrogen and oxygen atoms in total. The second-order valence-electron chi connectivity index (χ2n) is 8.45. The maximum Gasteiger partial charge on any atom is 0.255 e. The van der Waals surface area contributed by atoms with Crippen molar-refractivity contribution in [2.24, 2.45) is 5.92 Å². The average Bonchev–Trinajstić information content (AvgIpc) is 2.97. The molecule has 4 aliphatic rings. The molecule has 1 aromatic rings. The van der Waals surface area contributed by atoms with Gasteiger partial charge in [-0.2, -0.15) is 0 Å².